The Balaban J connectivity index is 2.31. The first-order valence-corrected chi connectivity index (χ1v) is 7.03. The van der Waals surface area contributed by atoms with Gasteiger partial charge in [-0.2, -0.15) is 13.2 Å². The highest BCUT2D eigenvalue weighted by molar-refractivity contribution is 5.29. The zero-order chi connectivity index (χ0) is 14.8. The van der Waals surface area contributed by atoms with E-state index in [0.29, 0.717) is 5.92 Å². The van der Waals surface area contributed by atoms with Crippen LogP contribution in [0.3, 0.4) is 0 Å². The monoisotopic (exact) mass is 286 g/mol. The van der Waals surface area contributed by atoms with Gasteiger partial charge in [-0.05, 0) is 56.7 Å². The Morgan fingerprint density at radius 2 is 2.10 bits per heavy atom. The Bertz CT molecular complexity index is 445. The molecule has 1 aromatic carbocycles. The summed E-state index contributed by atoms with van der Waals surface area (Å²) in [6, 6.07) is 5.86. The lowest BCUT2D eigenvalue weighted by Gasteiger charge is -2.28. The molecule has 0 bridgehead atoms. The van der Waals surface area contributed by atoms with Crippen molar-refractivity contribution in [2.75, 3.05) is 26.7 Å². The van der Waals surface area contributed by atoms with Crippen LogP contribution in [0.15, 0.2) is 24.3 Å². The lowest BCUT2D eigenvalue weighted by Crippen LogP contribution is -2.29. The van der Waals surface area contributed by atoms with Crippen LogP contribution in [-0.2, 0) is 6.18 Å². The van der Waals surface area contributed by atoms with Gasteiger partial charge >= 0.3 is 6.18 Å². The van der Waals surface area contributed by atoms with E-state index in [2.05, 4.69) is 17.1 Å². The highest BCUT2D eigenvalue weighted by Gasteiger charge is 2.36. The summed E-state index contributed by atoms with van der Waals surface area (Å²) in [7, 11) is 1.89. The number of alkyl halides is 3. The predicted molar refractivity (Wildman–Crippen MR) is 73.5 cm³/mol. The summed E-state index contributed by atoms with van der Waals surface area (Å²) >= 11 is 0. The van der Waals surface area contributed by atoms with Gasteiger partial charge in [0.1, 0.15) is 0 Å². The van der Waals surface area contributed by atoms with Crippen molar-refractivity contribution in [2.45, 2.75) is 25.6 Å². The number of nitrogens with zero attached hydrogens (tertiary/aromatic N) is 1. The van der Waals surface area contributed by atoms with Crippen molar-refractivity contribution < 1.29 is 13.2 Å². The fraction of sp³-hybridized carbons (Fsp3) is 0.600. The summed E-state index contributed by atoms with van der Waals surface area (Å²) in [5, 5.41) is 3.15. The average molecular weight is 286 g/mol. The molecule has 1 fully saturated rings. The van der Waals surface area contributed by atoms with Crippen LogP contribution in [0.1, 0.15) is 30.5 Å². The first-order chi connectivity index (χ1) is 9.47. The molecule has 5 heteroatoms. The van der Waals surface area contributed by atoms with Crippen LogP contribution in [0.4, 0.5) is 13.2 Å². The molecule has 1 saturated heterocycles. The molecule has 2 rings (SSSR count). The van der Waals surface area contributed by atoms with Crippen LogP contribution in [0.25, 0.3) is 0 Å². The van der Waals surface area contributed by atoms with E-state index in [4.69, 9.17) is 0 Å². The lowest BCUT2D eigenvalue weighted by molar-refractivity contribution is -0.137. The number of hydrogen-bond acceptors (Lipinski definition) is 2. The van der Waals surface area contributed by atoms with Gasteiger partial charge in [0, 0.05) is 6.04 Å². The SMILES string of the molecule is CCN1CCC(CNC)C1c1cccc(C(F)(F)F)c1. The zero-order valence-electron chi connectivity index (χ0n) is 11.9. The van der Waals surface area contributed by atoms with E-state index in [1.165, 1.54) is 12.1 Å². The van der Waals surface area contributed by atoms with Crippen LogP contribution in [0.5, 0.6) is 0 Å². The number of rotatable bonds is 4. The van der Waals surface area contributed by atoms with Gasteiger partial charge in [-0.1, -0.05) is 19.1 Å². The summed E-state index contributed by atoms with van der Waals surface area (Å²) in [5.74, 6) is 0.364. The zero-order valence-corrected chi connectivity index (χ0v) is 11.9. The second kappa shape index (κ2) is 6.14. The van der Waals surface area contributed by atoms with Crippen LogP contribution in [-0.4, -0.2) is 31.6 Å². The van der Waals surface area contributed by atoms with Gasteiger partial charge in [0.15, 0.2) is 0 Å². The quantitative estimate of drug-likeness (QED) is 0.913. The van der Waals surface area contributed by atoms with Crippen LogP contribution >= 0.6 is 0 Å². The number of benzene rings is 1. The molecule has 0 saturated carbocycles. The van der Waals surface area contributed by atoms with E-state index in [1.54, 1.807) is 0 Å². The maximum atomic E-state index is 12.9. The van der Waals surface area contributed by atoms with E-state index in [1.807, 2.05) is 13.1 Å². The normalized spacial score (nSPS) is 24.2. The summed E-state index contributed by atoms with van der Waals surface area (Å²) in [6.45, 7) is 4.70. The molecule has 0 amide bonds. The topological polar surface area (TPSA) is 15.3 Å². The Morgan fingerprint density at radius 3 is 2.70 bits per heavy atom. The van der Waals surface area contributed by atoms with E-state index in [-0.39, 0.29) is 6.04 Å². The smallest absolute Gasteiger partial charge is 0.319 e. The fourth-order valence-electron chi connectivity index (χ4n) is 3.14. The standard InChI is InChI=1S/C15H21F3N2/c1-3-20-8-7-12(10-19-2)14(20)11-5-4-6-13(9-11)15(16,17)18/h4-6,9,12,14,19H,3,7-8,10H2,1-2H3. The molecule has 1 aliphatic rings. The van der Waals surface area contributed by atoms with Crippen molar-refractivity contribution in [1.29, 1.82) is 0 Å². The number of nitrogens with one attached hydrogen (secondary N) is 1. The third kappa shape index (κ3) is 3.15. The maximum Gasteiger partial charge on any atom is 0.416 e. The fourth-order valence-corrected chi connectivity index (χ4v) is 3.14. The Labute approximate surface area is 118 Å². The highest BCUT2D eigenvalue weighted by Crippen LogP contribution is 2.38. The Hall–Kier alpha value is -1.07. The molecule has 1 N–H and O–H groups in total. The van der Waals surface area contributed by atoms with E-state index in [0.717, 1.165) is 37.7 Å². The molecule has 0 aromatic heterocycles. The molecule has 0 aliphatic carbocycles. The number of likely N-dealkylation sites (tertiary alicyclic amines) is 1. The molecular weight excluding hydrogens is 265 g/mol. The molecule has 112 valence electrons. The summed E-state index contributed by atoms with van der Waals surface area (Å²) in [5.41, 5.74) is 0.223. The second-order valence-corrected chi connectivity index (χ2v) is 5.30. The largest absolute Gasteiger partial charge is 0.416 e. The summed E-state index contributed by atoms with van der Waals surface area (Å²) in [4.78, 5) is 2.26. The predicted octanol–water partition coefficient (Wildman–Crippen LogP) is 3.31. The molecule has 2 unspecified atom stereocenters. The first-order valence-electron chi connectivity index (χ1n) is 7.03. The molecule has 0 radical (unpaired) electrons. The molecular formula is C15H21F3N2. The van der Waals surface area contributed by atoms with Crippen molar-refractivity contribution in [2.24, 2.45) is 5.92 Å². The van der Waals surface area contributed by atoms with Crippen molar-refractivity contribution >= 4 is 0 Å². The van der Waals surface area contributed by atoms with Gasteiger partial charge in [-0.15, -0.1) is 0 Å². The molecule has 1 heterocycles. The van der Waals surface area contributed by atoms with Crippen LogP contribution in [0, 0.1) is 5.92 Å². The van der Waals surface area contributed by atoms with Gasteiger partial charge < -0.3 is 5.32 Å². The average Bonchev–Trinajstić information content (AvgIpc) is 2.81. The minimum atomic E-state index is -4.27. The second-order valence-electron chi connectivity index (χ2n) is 5.30. The van der Waals surface area contributed by atoms with Crippen molar-refractivity contribution in [1.82, 2.24) is 10.2 Å². The van der Waals surface area contributed by atoms with Crippen molar-refractivity contribution in [3.63, 3.8) is 0 Å². The van der Waals surface area contributed by atoms with E-state index in [9.17, 15) is 13.2 Å². The van der Waals surface area contributed by atoms with Crippen LogP contribution in [0.2, 0.25) is 0 Å². The lowest BCUT2D eigenvalue weighted by atomic mass is 9.92. The van der Waals surface area contributed by atoms with Gasteiger partial charge in [0.2, 0.25) is 0 Å². The van der Waals surface area contributed by atoms with Crippen molar-refractivity contribution in [3.8, 4) is 0 Å². The molecule has 2 atom stereocenters. The molecule has 2 nitrogen and oxygen atoms in total. The minimum Gasteiger partial charge on any atom is -0.319 e. The van der Waals surface area contributed by atoms with E-state index >= 15 is 0 Å². The van der Waals surface area contributed by atoms with Gasteiger partial charge in [-0.25, -0.2) is 0 Å². The van der Waals surface area contributed by atoms with Gasteiger partial charge in [-0.3, -0.25) is 4.90 Å². The van der Waals surface area contributed by atoms with Crippen LogP contribution < -0.4 is 5.32 Å². The van der Waals surface area contributed by atoms with E-state index < -0.39 is 11.7 Å². The first kappa shape index (κ1) is 15.3. The third-order valence-electron chi connectivity index (χ3n) is 4.05. The minimum absolute atomic E-state index is 0.0785. The summed E-state index contributed by atoms with van der Waals surface area (Å²) < 4.78 is 38.6. The molecule has 0 spiro atoms. The third-order valence-corrected chi connectivity index (χ3v) is 4.05. The highest BCUT2D eigenvalue weighted by atomic mass is 19.4. The summed E-state index contributed by atoms with van der Waals surface area (Å²) in [6.07, 6.45) is -3.25. The van der Waals surface area contributed by atoms with Crippen molar-refractivity contribution in [3.05, 3.63) is 35.4 Å². The molecule has 20 heavy (non-hydrogen) atoms. The van der Waals surface area contributed by atoms with Gasteiger partial charge in [0.05, 0.1) is 5.56 Å². The number of hydrogen-bond donors (Lipinski definition) is 1. The molecule has 1 aromatic rings. The van der Waals surface area contributed by atoms with Gasteiger partial charge in [0.25, 0.3) is 0 Å². The molecule has 1 aliphatic heterocycles. The maximum absolute atomic E-state index is 12.9. The Kier molecular flexibility index (Phi) is 4.70. The Morgan fingerprint density at radius 1 is 1.35 bits per heavy atom. The number of halogens is 3.